The highest BCUT2D eigenvalue weighted by atomic mass is 79.9. The van der Waals surface area contributed by atoms with Crippen LogP contribution >= 0.6 is 15.9 Å². The molecule has 0 unspecified atom stereocenters. The number of rotatable bonds is 6. The smallest absolute Gasteiger partial charge is 0.166 e. The van der Waals surface area contributed by atoms with Crippen molar-refractivity contribution in [2.45, 2.75) is 0 Å². The van der Waals surface area contributed by atoms with Crippen LogP contribution in [0, 0.1) is 5.82 Å². The summed E-state index contributed by atoms with van der Waals surface area (Å²) in [5.41, 5.74) is 0. The van der Waals surface area contributed by atoms with Crippen LogP contribution in [0.4, 0.5) is 4.39 Å². The number of halogens is 2. The summed E-state index contributed by atoms with van der Waals surface area (Å²) in [6, 6.07) is 11.9. The fraction of sp³-hybridized carbons (Fsp3) is 0.200. The van der Waals surface area contributed by atoms with Gasteiger partial charge in [0.25, 0.3) is 0 Å². The Bertz CT molecular complexity index is 558. The number of hydrogen-bond acceptors (Lipinski definition) is 3. The van der Waals surface area contributed by atoms with E-state index in [9.17, 15) is 4.39 Å². The minimum absolute atomic E-state index is 0.214. The van der Waals surface area contributed by atoms with Gasteiger partial charge >= 0.3 is 0 Å². The third-order valence-corrected chi connectivity index (χ3v) is 3.06. The SMILES string of the molecule is COc1ccc(OCCOc2ccc(Br)cc2F)cc1. The highest BCUT2D eigenvalue weighted by molar-refractivity contribution is 9.10. The molecule has 0 aromatic heterocycles. The molecule has 0 saturated heterocycles. The van der Waals surface area contributed by atoms with Crippen molar-refractivity contribution < 1.29 is 18.6 Å². The molecular weight excluding hydrogens is 327 g/mol. The van der Waals surface area contributed by atoms with Gasteiger partial charge in [-0.15, -0.1) is 0 Å². The summed E-state index contributed by atoms with van der Waals surface area (Å²) in [6.07, 6.45) is 0. The zero-order chi connectivity index (χ0) is 14.4. The molecule has 0 aliphatic heterocycles. The van der Waals surface area contributed by atoms with Crippen molar-refractivity contribution in [3.63, 3.8) is 0 Å². The first kappa shape index (κ1) is 14.7. The summed E-state index contributed by atoms with van der Waals surface area (Å²) >= 11 is 3.19. The molecule has 5 heteroatoms. The maximum absolute atomic E-state index is 13.5. The molecule has 0 amide bonds. The van der Waals surface area contributed by atoms with Gasteiger partial charge in [-0.05, 0) is 42.5 Å². The van der Waals surface area contributed by atoms with Gasteiger partial charge in [-0.1, -0.05) is 15.9 Å². The van der Waals surface area contributed by atoms with Crippen molar-refractivity contribution in [1.82, 2.24) is 0 Å². The Morgan fingerprint density at radius 3 is 2.25 bits per heavy atom. The van der Waals surface area contributed by atoms with Crippen molar-refractivity contribution in [3.05, 3.63) is 52.8 Å². The second-order valence-corrected chi connectivity index (χ2v) is 4.86. The summed E-state index contributed by atoms with van der Waals surface area (Å²) < 4.78 is 30.0. The minimum atomic E-state index is -0.399. The third-order valence-electron chi connectivity index (χ3n) is 2.56. The molecule has 0 atom stereocenters. The maximum atomic E-state index is 13.5. The molecule has 0 aliphatic carbocycles. The van der Waals surface area contributed by atoms with Crippen molar-refractivity contribution in [2.24, 2.45) is 0 Å². The monoisotopic (exact) mass is 340 g/mol. The van der Waals surface area contributed by atoms with Crippen LogP contribution in [-0.2, 0) is 0 Å². The molecule has 0 fully saturated rings. The third kappa shape index (κ3) is 4.13. The van der Waals surface area contributed by atoms with E-state index in [1.54, 1.807) is 31.4 Å². The lowest BCUT2D eigenvalue weighted by molar-refractivity contribution is 0.211. The van der Waals surface area contributed by atoms with E-state index in [-0.39, 0.29) is 12.4 Å². The van der Waals surface area contributed by atoms with Crippen LogP contribution in [0.5, 0.6) is 17.2 Å². The molecule has 2 aromatic rings. The molecule has 0 radical (unpaired) electrons. The second-order valence-electron chi connectivity index (χ2n) is 3.95. The number of methoxy groups -OCH3 is 1. The molecule has 3 nitrogen and oxygen atoms in total. The predicted octanol–water partition coefficient (Wildman–Crippen LogP) is 4.05. The van der Waals surface area contributed by atoms with E-state index in [1.165, 1.54) is 6.07 Å². The van der Waals surface area contributed by atoms with E-state index in [4.69, 9.17) is 14.2 Å². The summed E-state index contributed by atoms with van der Waals surface area (Å²) in [5.74, 6) is 1.30. The number of hydrogen-bond donors (Lipinski definition) is 0. The largest absolute Gasteiger partial charge is 0.497 e. The molecule has 2 aromatic carbocycles. The van der Waals surface area contributed by atoms with Crippen LogP contribution in [0.25, 0.3) is 0 Å². The quantitative estimate of drug-likeness (QED) is 0.742. The van der Waals surface area contributed by atoms with Gasteiger partial charge in [0.05, 0.1) is 7.11 Å². The molecule has 20 heavy (non-hydrogen) atoms. The second kappa shape index (κ2) is 7.14. The summed E-state index contributed by atoms with van der Waals surface area (Å²) in [7, 11) is 1.61. The molecular formula is C15H14BrFO3. The van der Waals surface area contributed by atoms with E-state index in [1.807, 2.05) is 12.1 Å². The van der Waals surface area contributed by atoms with Crippen molar-refractivity contribution >= 4 is 15.9 Å². The van der Waals surface area contributed by atoms with Gasteiger partial charge in [-0.2, -0.15) is 0 Å². The van der Waals surface area contributed by atoms with E-state index in [2.05, 4.69) is 15.9 Å². The first-order chi connectivity index (χ1) is 9.69. The highest BCUT2D eigenvalue weighted by Gasteiger charge is 2.03. The molecule has 0 spiro atoms. The van der Waals surface area contributed by atoms with Crippen molar-refractivity contribution in [1.29, 1.82) is 0 Å². The standard InChI is InChI=1S/C15H14BrFO3/c1-18-12-3-5-13(6-4-12)19-8-9-20-15-7-2-11(16)10-14(15)17/h2-7,10H,8-9H2,1H3. The van der Waals surface area contributed by atoms with Crippen LogP contribution in [0.1, 0.15) is 0 Å². The lowest BCUT2D eigenvalue weighted by Gasteiger charge is -2.09. The Balaban J connectivity index is 1.78. The molecule has 0 aliphatic rings. The zero-order valence-electron chi connectivity index (χ0n) is 10.9. The Morgan fingerprint density at radius 2 is 1.60 bits per heavy atom. The van der Waals surface area contributed by atoms with Gasteiger partial charge in [0, 0.05) is 4.47 Å². The average molecular weight is 341 g/mol. The minimum Gasteiger partial charge on any atom is -0.497 e. The van der Waals surface area contributed by atoms with Gasteiger partial charge in [-0.25, -0.2) is 4.39 Å². The summed E-state index contributed by atoms with van der Waals surface area (Å²) in [6.45, 7) is 0.604. The lowest BCUT2D eigenvalue weighted by atomic mass is 10.3. The van der Waals surface area contributed by atoms with Crippen LogP contribution in [-0.4, -0.2) is 20.3 Å². The normalized spacial score (nSPS) is 10.2. The topological polar surface area (TPSA) is 27.7 Å². The fourth-order valence-electron chi connectivity index (χ4n) is 1.58. The van der Waals surface area contributed by atoms with Crippen LogP contribution in [0.3, 0.4) is 0 Å². The van der Waals surface area contributed by atoms with E-state index in [0.717, 1.165) is 5.75 Å². The Labute approximate surface area is 125 Å². The Kier molecular flexibility index (Phi) is 5.24. The van der Waals surface area contributed by atoms with Gasteiger partial charge in [-0.3, -0.25) is 0 Å². The Morgan fingerprint density at radius 1 is 0.950 bits per heavy atom. The molecule has 0 saturated carbocycles. The maximum Gasteiger partial charge on any atom is 0.166 e. The van der Waals surface area contributed by atoms with Crippen LogP contribution in [0.2, 0.25) is 0 Å². The van der Waals surface area contributed by atoms with Gasteiger partial charge < -0.3 is 14.2 Å². The molecule has 0 bridgehead atoms. The van der Waals surface area contributed by atoms with Crippen LogP contribution in [0.15, 0.2) is 46.9 Å². The molecule has 0 N–H and O–H groups in total. The van der Waals surface area contributed by atoms with Gasteiger partial charge in [0.15, 0.2) is 11.6 Å². The fourth-order valence-corrected chi connectivity index (χ4v) is 1.91. The van der Waals surface area contributed by atoms with Crippen LogP contribution < -0.4 is 14.2 Å². The van der Waals surface area contributed by atoms with Crippen molar-refractivity contribution in [2.75, 3.05) is 20.3 Å². The van der Waals surface area contributed by atoms with E-state index >= 15 is 0 Å². The first-order valence-electron chi connectivity index (χ1n) is 6.04. The summed E-state index contributed by atoms with van der Waals surface area (Å²) in [5, 5.41) is 0. The highest BCUT2D eigenvalue weighted by Crippen LogP contribution is 2.21. The van der Waals surface area contributed by atoms with Gasteiger partial charge in [0.2, 0.25) is 0 Å². The molecule has 106 valence electrons. The lowest BCUT2D eigenvalue weighted by Crippen LogP contribution is -2.09. The predicted molar refractivity (Wildman–Crippen MR) is 78.1 cm³/mol. The first-order valence-corrected chi connectivity index (χ1v) is 6.83. The van der Waals surface area contributed by atoms with Gasteiger partial charge in [0.1, 0.15) is 24.7 Å². The molecule has 2 rings (SSSR count). The average Bonchev–Trinajstić information content (AvgIpc) is 2.46. The molecule has 0 heterocycles. The number of benzene rings is 2. The van der Waals surface area contributed by atoms with E-state index in [0.29, 0.717) is 16.8 Å². The number of ether oxygens (including phenoxy) is 3. The summed E-state index contributed by atoms with van der Waals surface area (Å²) in [4.78, 5) is 0. The zero-order valence-corrected chi connectivity index (χ0v) is 12.5. The van der Waals surface area contributed by atoms with Crippen molar-refractivity contribution in [3.8, 4) is 17.2 Å². The van der Waals surface area contributed by atoms with E-state index < -0.39 is 5.82 Å². The Hall–Kier alpha value is -1.75.